The number of hydrogen-bond acceptors (Lipinski definition) is 2. The highest BCUT2D eigenvalue weighted by Crippen LogP contribution is 2.37. The van der Waals surface area contributed by atoms with Gasteiger partial charge in [-0.25, -0.2) is 0 Å². The number of aromatic nitrogens is 3. The van der Waals surface area contributed by atoms with Crippen LogP contribution in [-0.4, -0.2) is 14.8 Å². The van der Waals surface area contributed by atoms with Gasteiger partial charge in [-0.1, -0.05) is 105 Å². The van der Waals surface area contributed by atoms with Crippen molar-refractivity contribution in [1.82, 2.24) is 14.8 Å². The van der Waals surface area contributed by atoms with Crippen LogP contribution in [0.3, 0.4) is 0 Å². The lowest BCUT2D eigenvalue weighted by atomic mass is 10.00. The Morgan fingerprint density at radius 3 is 1.39 bits per heavy atom. The SMILES string of the molecule is Brc1ccc(-c2nnc(-c3ccc(Br)cc3)n2-c2c3ccccc3cc3ccccc23)cc1. The first-order valence-electron chi connectivity index (χ1n) is 10.6. The molecule has 0 saturated carbocycles. The van der Waals surface area contributed by atoms with E-state index in [1.165, 1.54) is 10.8 Å². The van der Waals surface area contributed by atoms with Gasteiger partial charge in [-0.2, -0.15) is 0 Å². The molecule has 0 aliphatic heterocycles. The molecule has 158 valence electrons. The van der Waals surface area contributed by atoms with Gasteiger partial charge in [0.25, 0.3) is 0 Å². The van der Waals surface area contributed by atoms with Gasteiger partial charge in [0.1, 0.15) is 0 Å². The zero-order valence-corrected chi connectivity index (χ0v) is 20.6. The summed E-state index contributed by atoms with van der Waals surface area (Å²) >= 11 is 7.10. The molecule has 3 nitrogen and oxygen atoms in total. The topological polar surface area (TPSA) is 30.7 Å². The van der Waals surface area contributed by atoms with Crippen LogP contribution in [0.1, 0.15) is 0 Å². The van der Waals surface area contributed by atoms with Gasteiger partial charge < -0.3 is 0 Å². The van der Waals surface area contributed by atoms with Gasteiger partial charge >= 0.3 is 0 Å². The minimum absolute atomic E-state index is 0.807. The van der Waals surface area contributed by atoms with Crippen LogP contribution in [0.2, 0.25) is 0 Å². The molecule has 0 aliphatic carbocycles. The van der Waals surface area contributed by atoms with E-state index in [1.54, 1.807) is 0 Å². The van der Waals surface area contributed by atoms with Crippen LogP contribution < -0.4 is 0 Å². The Hall–Kier alpha value is -3.28. The molecule has 0 N–H and O–H groups in total. The van der Waals surface area contributed by atoms with Crippen molar-refractivity contribution in [3.8, 4) is 28.5 Å². The lowest BCUT2D eigenvalue weighted by Gasteiger charge is -2.17. The molecule has 6 aromatic rings. The normalized spacial score (nSPS) is 11.3. The van der Waals surface area contributed by atoms with E-state index in [0.29, 0.717) is 0 Å². The van der Waals surface area contributed by atoms with Gasteiger partial charge in [-0.15, -0.1) is 10.2 Å². The molecule has 0 radical (unpaired) electrons. The molecule has 0 fully saturated rings. The maximum absolute atomic E-state index is 4.69. The Morgan fingerprint density at radius 1 is 0.515 bits per heavy atom. The Bertz CT molecular complexity index is 1500. The molecule has 0 saturated heterocycles. The minimum atomic E-state index is 0.807. The Labute approximate surface area is 208 Å². The smallest absolute Gasteiger partial charge is 0.168 e. The first kappa shape index (κ1) is 20.3. The molecule has 1 heterocycles. The van der Waals surface area contributed by atoms with Gasteiger partial charge in [0.05, 0.1) is 5.69 Å². The lowest BCUT2D eigenvalue weighted by molar-refractivity contribution is 1.10. The second-order valence-corrected chi connectivity index (χ2v) is 9.70. The van der Waals surface area contributed by atoms with Gasteiger partial charge in [-0.3, -0.25) is 4.57 Å². The number of nitrogens with zero attached hydrogens (tertiary/aromatic N) is 3. The number of hydrogen-bond donors (Lipinski definition) is 0. The molecule has 0 spiro atoms. The van der Waals surface area contributed by atoms with Crippen molar-refractivity contribution in [2.24, 2.45) is 0 Å². The highest BCUT2D eigenvalue weighted by Gasteiger charge is 2.21. The Kier molecular flexibility index (Phi) is 5.08. The largest absolute Gasteiger partial charge is 0.274 e. The van der Waals surface area contributed by atoms with Crippen molar-refractivity contribution < 1.29 is 0 Å². The summed E-state index contributed by atoms with van der Waals surface area (Å²) in [5, 5.41) is 14.1. The predicted molar refractivity (Wildman–Crippen MR) is 143 cm³/mol. The molecule has 0 aliphatic rings. The van der Waals surface area contributed by atoms with Crippen molar-refractivity contribution in [3.63, 3.8) is 0 Å². The zero-order chi connectivity index (χ0) is 22.4. The van der Waals surface area contributed by atoms with Crippen LogP contribution >= 0.6 is 31.9 Å². The van der Waals surface area contributed by atoms with Crippen LogP contribution in [0.5, 0.6) is 0 Å². The van der Waals surface area contributed by atoms with E-state index in [9.17, 15) is 0 Å². The fourth-order valence-corrected chi connectivity index (χ4v) is 4.83. The fourth-order valence-electron chi connectivity index (χ4n) is 4.30. The van der Waals surface area contributed by atoms with Crippen molar-refractivity contribution >= 4 is 53.4 Å². The van der Waals surface area contributed by atoms with Crippen LogP contribution in [0.4, 0.5) is 0 Å². The van der Waals surface area contributed by atoms with E-state index < -0.39 is 0 Å². The zero-order valence-electron chi connectivity index (χ0n) is 17.4. The number of rotatable bonds is 3. The molecule has 5 heteroatoms. The van der Waals surface area contributed by atoms with Crippen LogP contribution in [0.25, 0.3) is 50.0 Å². The first-order valence-corrected chi connectivity index (χ1v) is 12.2. The minimum Gasteiger partial charge on any atom is -0.274 e. The van der Waals surface area contributed by atoms with Crippen LogP contribution in [0, 0.1) is 0 Å². The molecule has 0 amide bonds. The Morgan fingerprint density at radius 2 is 0.939 bits per heavy atom. The number of halogens is 2. The lowest BCUT2D eigenvalue weighted by Crippen LogP contribution is -2.02. The summed E-state index contributed by atoms with van der Waals surface area (Å²) in [7, 11) is 0. The summed E-state index contributed by atoms with van der Waals surface area (Å²) in [5.74, 6) is 1.61. The van der Waals surface area contributed by atoms with Crippen molar-refractivity contribution in [2.45, 2.75) is 0 Å². The molecular formula is C28H17Br2N3. The number of benzene rings is 5. The summed E-state index contributed by atoms with van der Waals surface area (Å²) in [5.41, 5.74) is 3.10. The fraction of sp³-hybridized carbons (Fsp3) is 0. The number of fused-ring (bicyclic) bond motifs is 2. The van der Waals surface area contributed by atoms with Gasteiger partial charge in [0.2, 0.25) is 0 Å². The van der Waals surface area contributed by atoms with E-state index in [4.69, 9.17) is 10.2 Å². The molecule has 5 aromatic carbocycles. The maximum Gasteiger partial charge on any atom is 0.168 e. The van der Waals surface area contributed by atoms with E-state index in [1.807, 2.05) is 24.3 Å². The first-order chi connectivity index (χ1) is 16.2. The maximum atomic E-state index is 4.69. The van der Waals surface area contributed by atoms with E-state index >= 15 is 0 Å². The van der Waals surface area contributed by atoms with E-state index in [-0.39, 0.29) is 0 Å². The molecule has 6 rings (SSSR count). The highest BCUT2D eigenvalue weighted by molar-refractivity contribution is 9.10. The third-order valence-electron chi connectivity index (χ3n) is 5.83. The van der Waals surface area contributed by atoms with Crippen molar-refractivity contribution in [3.05, 3.63) is 112 Å². The quantitative estimate of drug-likeness (QED) is 0.205. The van der Waals surface area contributed by atoms with Crippen LogP contribution in [-0.2, 0) is 0 Å². The van der Waals surface area contributed by atoms with Gasteiger partial charge in [0, 0.05) is 30.8 Å². The predicted octanol–water partition coefficient (Wildman–Crippen LogP) is 8.43. The molecule has 0 bridgehead atoms. The highest BCUT2D eigenvalue weighted by atomic mass is 79.9. The summed E-state index contributed by atoms with van der Waals surface area (Å²) in [6.07, 6.45) is 0. The summed E-state index contributed by atoms with van der Waals surface area (Å²) in [6.45, 7) is 0. The monoisotopic (exact) mass is 553 g/mol. The summed E-state index contributed by atoms with van der Waals surface area (Å²) < 4.78 is 4.26. The second-order valence-electron chi connectivity index (χ2n) is 7.86. The van der Waals surface area contributed by atoms with Crippen molar-refractivity contribution in [1.29, 1.82) is 0 Å². The van der Waals surface area contributed by atoms with Crippen LogP contribution in [0.15, 0.2) is 112 Å². The molecule has 0 unspecified atom stereocenters. The second kappa shape index (κ2) is 8.25. The average molecular weight is 555 g/mol. The molecular weight excluding hydrogens is 538 g/mol. The average Bonchev–Trinajstić information content (AvgIpc) is 3.28. The summed E-state index contributed by atoms with van der Waals surface area (Å²) in [6, 6.07) is 35.7. The van der Waals surface area contributed by atoms with Crippen molar-refractivity contribution in [2.75, 3.05) is 0 Å². The standard InChI is InChI=1S/C28H17Br2N3/c29-22-13-9-18(10-14-22)27-31-32-28(19-11-15-23(30)16-12-19)33(27)26-24-7-3-1-5-20(24)17-21-6-2-4-8-25(21)26/h1-17H. The van der Waals surface area contributed by atoms with Gasteiger partial charge in [0.15, 0.2) is 11.6 Å². The molecule has 1 aromatic heterocycles. The molecule has 33 heavy (non-hydrogen) atoms. The third-order valence-corrected chi connectivity index (χ3v) is 6.89. The third kappa shape index (κ3) is 3.58. The van der Waals surface area contributed by atoms with E-state index in [0.717, 1.165) is 48.2 Å². The summed E-state index contributed by atoms with van der Waals surface area (Å²) in [4.78, 5) is 0. The van der Waals surface area contributed by atoms with Gasteiger partial charge in [-0.05, 0) is 41.1 Å². The van der Waals surface area contributed by atoms with E-state index in [2.05, 4.69) is 115 Å². The molecule has 0 atom stereocenters. The Balaban J connectivity index is 1.76.